The minimum atomic E-state index is -3.66. The summed E-state index contributed by atoms with van der Waals surface area (Å²) < 4.78 is 26.0. The highest BCUT2D eigenvalue weighted by Crippen LogP contribution is 2.24. The zero-order valence-electron chi connectivity index (χ0n) is 16.8. The normalized spacial score (nSPS) is 23.0. The van der Waals surface area contributed by atoms with E-state index < -0.39 is 38.8 Å². The molecule has 2 amide bonds. The van der Waals surface area contributed by atoms with Gasteiger partial charge in [-0.05, 0) is 38.7 Å². The Morgan fingerprint density at radius 2 is 1.86 bits per heavy atom. The van der Waals surface area contributed by atoms with Crippen LogP contribution in [0.1, 0.15) is 5.56 Å². The number of carbonyl (C=O) groups excluding carboxylic acids is 2. The number of anilines is 1. The van der Waals surface area contributed by atoms with Crippen molar-refractivity contribution >= 4 is 50.7 Å². The van der Waals surface area contributed by atoms with Crippen LogP contribution in [0.15, 0.2) is 23.1 Å². The van der Waals surface area contributed by atoms with Crippen molar-refractivity contribution in [1.82, 2.24) is 19.6 Å². The molecule has 0 bridgehead atoms. The number of hydrogen-bond donors (Lipinski definition) is 2. The van der Waals surface area contributed by atoms with Crippen LogP contribution in [0.3, 0.4) is 0 Å². The Morgan fingerprint density at radius 1 is 1.24 bits per heavy atom. The maximum Gasteiger partial charge on any atom is 0.256 e. The second kappa shape index (κ2) is 9.15. The molecule has 1 aliphatic rings. The number of hydrogen-bond acceptors (Lipinski definition) is 6. The largest absolute Gasteiger partial charge is 0.324 e. The molecule has 0 aromatic heterocycles. The van der Waals surface area contributed by atoms with E-state index in [-0.39, 0.29) is 11.4 Å². The van der Waals surface area contributed by atoms with E-state index in [4.69, 9.17) is 23.2 Å². The van der Waals surface area contributed by atoms with Crippen LogP contribution in [0.5, 0.6) is 0 Å². The predicted octanol–water partition coefficient (Wildman–Crippen LogP) is 0.633. The molecule has 1 saturated heterocycles. The van der Waals surface area contributed by atoms with Crippen molar-refractivity contribution in [2.24, 2.45) is 0 Å². The van der Waals surface area contributed by atoms with Gasteiger partial charge in [0.05, 0.1) is 16.4 Å². The second-order valence-corrected chi connectivity index (χ2v) is 10.2. The Balaban J connectivity index is 2.16. The minimum Gasteiger partial charge on any atom is -0.324 e. The van der Waals surface area contributed by atoms with Crippen LogP contribution in [0.4, 0.5) is 5.69 Å². The number of hydrazine groups is 1. The summed E-state index contributed by atoms with van der Waals surface area (Å²) in [5.41, 5.74) is 3.74. The van der Waals surface area contributed by atoms with Crippen molar-refractivity contribution in [2.75, 3.05) is 40.1 Å². The summed E-state index contributed by atoms with van der Waals surface area (Å²) in [5.74, 6) is -1.03. The fourth-order valence-electron chi connectivity index (χ4n) is 2.76. The molecular weight excluding hydrogens is 441 g/mol. The van der Waals surface area contributed by atoms with Gasteiger partial charge in [-0.1, -0.05) is 6.07 Å². The molecule has 1 heterocycles. The fourth-order valence-corrected chi connectivity index (χ4v) is 4.55. The molecule has 1 fully saturated rings. The zero-order valence-corrected chi connectivity index (χ0v) is 19.1. The molecule has 3 atom stereocenters. The molecule has 1 aromatic rings. The Morgan fingerprint density at radius 3 is 2.41 bits per heavy atom. The lowest BCUT2D eigenvalue weighted by Crippen LogP contribution is -2.67. The molecule has 0 radical (unpaired) electrons. The van der Waals surface area contributed by atoms with E-state index in [1.165, 1.54) is 20.2 Å². The van der Waals surface area contributed by atoms with E-state index >= 15 is 0 Å². The number of benzene rings is 1. The Bertz CT molecular complexity index is 894. The van der Waals surface area contributed by atoms with Gasteiger partial charge >= 0.3 is 0 Å². The van der Waals surface area contributed by atoms with Gasteiger partial charge in [-0.15, -0.1) is 23.2 Å². The molecule has 12 heteroatoms. The van der Waals surface area contributed by atoms with Gasteiger partial charge in [0.2, 0.25) is 15.9 Å². The van der Waals surface area contributed by atoms with Gasteiger partial charge in [-0.2, -0.15) is 0 Å². The predicted molar refractivity (Wildman–Crippen MR) is 112 cm³/mol. The summed E-state index contributed by atoms with van der Waals surface area (Å²) in [4.78, 5) is 26.7. The van der Waals surface area contributed by atoms with Crippen molar-refractivity contribution in [3.05, 3.63) is 23.8 Å². The molecule has 2 N–H and O–H groups in total. The van der Waals surface area contributed by atoms with E-state index in [9.17, 15) is 18.0 Å². The molecule has 1 aliphatic heterocycles. The number of nitrogens with one attached hydrogen (secondary N) is 2. The molecule has 162 valence electrons. The molecule has 3 unspecified atom stereocenters. The van der Waals surface area contributed by atoms with Crippen molar-refractivity contribution in [3.8, 4) is 0 Å². The molecule has 1 aromatic carbocycles. The number of carbonyl (C=O) groups is 2. The molecular formula is C17H25Cl2N5O4S. The van der Waals surface area contributed by atoms with Crippen LogP contribution < -0.4 is 10.7 Å². The smallest absolute Gasteiger partial charge is 0.256 e. The minimum absolute atomic E-state index is 0.0888. The van der Waals surface area contributed by atoms with Crippen LogP contribution in [0.25, 0.3) is 0 Å². The summed E-state index contributed by atoms with van der Waals surface area (Å²) in [6.07, 6.45) is -0.444. The molecule has 0 spiro atoms. The monoisotopic (exact) mass is 465 g/mol. The van der Waals surface area contributed by atoms with Crippen LogP contribution in [0.2, 0.25) is 0 Å². The lowest BCUT2D eigenvalue weighted by Gasteiger charge is -2.41. The quantitative estimate of drug-likeness (QED) is 0.597. The van der Waals surface area contributed by atoms with Crippen LogP contribution in [0, 0.1) is 6.92 Å². The van der Waals surface area contributed by atoms with Crippen molar-refractivity contribution < 1.29 is 18.0 Å². The lowest BCUT2D eigenvalue weighted by atomic mass is 10.1. The summed E-state index contributed by atoms with van der Waals surface area (Å²) in [6.45, 7) is 1.35. The van der Waals surface area contributed by atoms with Gasteiger partial charge in [0.15, 0.2) is 0 Å². The maximum absolute atomic E-state index is 12.5. The standard InChI is InChI=1S/C17H25Cl2N5O4S/c1-10-6-7-11(8-12(10)29(27,28)23(4)5)20-13(25)9-24-17(26)15(19)14(18)16(21-24)22(2)3/h6-8,14-16,21H,9H2,1-5H3,(H,20,25). The summed E-state index contributed by atoms with van der Waals surface area (Å²) in [6, 6.07) is 4.58. The van der Waals surface area contributed by atoms with E-state index in [0.29, 0.717) is 11.3 Å². The topological polar surface area (TPSA) is 102 Å². The molecule has 0 aliphatic carbocycles. The first-order valence-corrected chi connectivity index (χ1v) is 11.0. The zero-order chi connectivity index (χ0) is 22.1. The second-order valence-electron chi connectivity index (χ2n) is 7.12. The Kier molecular flexibility index (Phi) is 7.52. The summed E-state index contributed by atoms with van der Waals surface area (Å²) in [5, 5.41) is 2.06. The third-order valence-corrected chi connectivity index (χ3v) is 7.49. The first kappa shape index (κ1) is 23.8. The average molecular weight is 466 g/mol. The van der Waals surface area contributed by atoms with Crippen LogP contribution in [-0.2, 0) is 19.6 Å². The van der Waals surface area contributed by atoms with Gasteiger partial charge in [0, 0.05) is 19.8 Å². The highest BCUT2D eigenvalue weighted by Gasteiger charge is 2.42. The van der Waals surface area contributed by atoms with E-state index in [1.54, 1.807) is 38.1 Å². The van der Waals surface area contributed by atoms with E-state index in [2.05, 4.69) is 10.7 Å². The van der Waals surface area contributed by atoms with Crippen molar-refractivity contribution in [2.45, 2.75) is 28.7 Å². The number of alkyl halides is 2. The van der Waals surface area contributed by atoms with E-state index in [1.807, 2.05) is 0 Å². The Hall–Kier alpha value is -1.43. The number of amides is 2. The number of halogens is 2. The molecule has 0 saturated carbocycles. The third-order valence-electron chi connectivity index (χ3n) is 4.46. The third kappa shape index (κ3) is 5.19. The van der Waals surface area contributed by atoms with Crippen LogP contribution >= 0.6 is 23.2 Å². The molecule has 9 nitrogen and oxygen atoms in total. The van der Waals surface area contributed by atoms with E-state index in [0.717, 1.165) is 9.31 Å². The maximum atomic E-state index is 12.5. The molecule has 29 heavy (non-hydrogen) atoms. The summed E-state index contributed by atoms with van der Waals surface area (Å²) in [7, 11) is 2.73. The average Bonchev–Trinajstić information content (AvgIpc) is 2.63. The van der Waals surface area contributed by atoms with Crippen molar-refractivity contribution in [3.63, 3.8) is 0 Å². The van der Waals surface area contributed by atoms with Crippen molar-refractivity contribution in [1.29, 1.82) is 0 Å². The first-order chi connectivity index (χ1) is 13.4. The van der Waals surface area contributed by atoms with Gasteiger partial charge in [0.25, 0.3) is 5.91 Å². The highest BCUT2D eigenvalue weighted by atomic mass is 35.5. The van der Waals surface area contributed by atoms with Gasteiger partial charge in [0.1, 0.15) is 11.9 Å². The number of rotatable bonds is 6. The highest BCUT2D eigenvalue weighted by molar-refractivity contribution is 7.89. The fraction of sp³-hybridized carbons (Fsp3) is 0.529. The van der Waals surface area contributed by atoms with Gasteiger partial charge in [-0.3, -0.25) is 19.5 Å². The number of aryl methyl sites for hydroxylation is 1. The summed E-state index contributed by atoms with van der Waals surface area (Å²) >= 11 is 12.3. The lowest BCUT2D eigenvalue weighted by molar-refractivity contribution is -0.143. The first-order valence-electron chi connectivity index (χ1n) is 8.71. The number of sulfonamides is 1. The SMILES string of the molecule is Cc1ccc(NC(=O)CN2NC(N(C)C)C(Cl)C(Cl)C2=O)cc1S(=O)(=O)N(C)C. The number of nitrogens with zero attached hydrogens (tertiary/aromatic N) is 3. The van der Waals surface area contributed by atoms with Gasteiger partial charge < -0.3 is 5.32 Å². The Labute approximate surface area is 180 Å². The van der Waals surface area contributed by atoms with Gasteiger partial charge in [-0.25, -0.2) is 18.1 Å². The molecule has 2 rings (SSSR count). The van der Waals surface area contributed by atoms with Crippen LogP contribution in [-0.4, -0.2) is 86.1 Å².